The maximum atomic E-state index is 11.8. The van der Waals surface area contributed by atoms with Gasteiger partial charge in [-0.1, -0.05) is 0 Å². The average Bonchev–Trinajstić information content (AvgIpc) is 2.45. The van der Waals surface area contributed by atoms with Gasteiger partial charge in [0, 0.05) is 32.6 Å². The number of piperazine rings is 1. The lowest BCUT2D eigenvalue weighted by atomic mass is 10.3. The maximum Gasteiger partial charge on any atom is 0.305 e. The molecule has 9 heteroatoms. The van der Waals surface area contributed by atoms with Crippen LogP contribution in [-0.2, 0) is 24.3 Å². The third-order valence-corrected chi connectivity index (χ3v) is 4.34. The number of nitrogens with zero attached hydrogens (tertiary/aromatic N) is 1. The van der Waals surface area contributed by atoms with E-state index in [1.54, 1.807) is 4.90 Å². The zero-order valence-electron chi connectivity index (χ0n) is 11.6. The fraction of sp³-hybridized carbons (Fsp3) is 0.818. The Labute approximate surface area is 118 Å². The molecule has 1 fully saturated rings. The van der Waals surface area contributed by atoms with E-state index in [1.165, 1.54) is 7.11 Å². The predicted octanol–water partition coefficient (Wildman–Crippen LogP) is -1.71. The molecular formula is C11H21N3O5S. The Hall–Kier alpha value is -1.19. The zero-order valence-corrected chi connectivity index (χ0v) is 12.4. The van der Waals surface area contributed by atoms with Crippen LogP contribution in [0.2, 0.25) is 0 Å². The number of esters is 1. The van der Waals surface area contributed by atoms with Gasteiger partial charge in [-0.25, -0.2) is 13.1 Å². The summed E-state index contributed by atoms with van der Waals surface area (Å²) in [6.45, 7) is 2.38. The molecule has 0 aromatic heterocycles. The predicted molar refractivity (Wildman–Crippen MR) is 72.5 cm³/mol. The van der Waals surface area contributed by atoms with Crippen LogP contribution in [0.4, 0.5) is 0 Å². The van der Waals surface area contributed by atoms with E-state index in [9.17, 15) is 18.0 Å². The zero-order chi connectivity index (χ0) is 15.0. The molecule has 1 rings (SSSR count). The Morgan fingerprint density at radius 1 is 1.30 bits per heavy atom. The van der Waals surface area contributed by atoms with Gasteiger partial charge in [0.2, 0.25) is 15.9 Å². The molecule has 8 nitrogen and oxygen atoms in total. The quantitative estimate of drug-likeness (QED) is 0.543. The highest BCUT2D eigenvalue weighted by atomic mass is 32.2. The van der Waals surface area contributed by atoms with Gasteiger partial charge in [0.25, 0.3) is 0 Å². The van der Waals surface area contributed by atoms with Crippen LogP contribution in [0.5, 0.6) is 0 Å². The second-order valence-corrected chi connectivity index (χ2v) is 6.38. The first-order valence-corrected chi connectivity index (χ1v) is 8.12. The summed E-state index contributed by atoms with van der Waals surface area (Å²) in [4.78, 5) is 24.3. The number of carbonyl (C=O) groups is 2. The van der Waals surface area contributed by atoms with Gasteiger partial charge in [-0.3, -0.25) is 9.59 Å². The number of rotatable bonds is 7. The molecule has 116 valence electrons. The van der Waals surface area contributed by atoms with Crippen molar-refractivity contribution in [2.75, 3.05) is 45.6 Å². The minimum Gasteiger partial charge on any atom is -0.469 e. The van der Waals surface area contributed by atoms with Crippen LogP contribution in [0.3, 0.4) is 0 Å². The van der Waals surface area contributed by atoms with Crippen molar-refractivity contribution in [3.05, 3.63) is 0 Å². The van der Waals surface area contributed by atoms with Crippen molar-refractivity contribution >= 4 is 21.9 Å². The molecule has 0 atom stereocenters. The van der Waals surface area contributed by atoms with Gasteiger partial charge >= 0.3 is 5.97 Å². The second kappa shape index (κ2) is 8.18. The lowest BCUT2D eigenvalue weighted by molar-refractivity contribution is -0.140. The minimum absolute atomic E-state index is 0.0448. The van der Waals surface area contributed by atoms with Crippen molar-refractivity contribution in [1.82, 2.24) is 14.9 Å². The molecule has 0 bridgehead atoms. The Morgan fingerprint density at radius 3 is 2.55 bits per heavy atom. The van der Waals surface area contributed by atoms with Crippen molar-refractivity contribution in [3.63, 3.8) is 0 Å². The lowest BCUT2D eigenvalue weighted by Crippen LogP contribution is -2.49. The molecule has 1 aliphatic heterocycles. The molecular weight excluding hydrogens is 286 g/mol. The summed E-state index contributed by atoms with van der Waals surface area (Å²) in [6, 6.07) is 0. The number of ether oxygens (including phenoxy) is 1. The SMILES string of the molecule is COC(=O)CCCS(=O)(=O)NCC(=O)N1CCNCC1. The fourth-order valence-electron chi connectivity index (χ4n) is 1.78. The number of sulfonamides is 1. The summed E-state index contributed by atoms with van der Waals surface area (Å²) < 4.78 is 30.0. The van der Waals surface area contributed by atoms with Crippen molar-refractivity contribution in [1.29, 1.82) is 0 Å². The molecule has 0 saturated carbocycles. The highest BCUT2D eigenvalue weighted by Crippen LogP contribution is 1.97. The smallest absolute Gasteiger partial charge is 0.305 e. The normalized spacial score (nSPS) is 15.9. The molecule has 0 aromatic carbocycles. The van der Waals surface area contributed by atoms with E-state index in [0.29, 0.717) is 13.1 Å². The van der Waals surface area contributed by atoms with E-state index < -0.39 is 16.0 Å². The van der Waals surface area contributed by atoms with E-state index in [2.05, 4.69) is 14.8 Å². The molecule has 0 radical (unpaired) electrons. The number of methoxy groups -OCH3 is 1. The van der Waals surface area contributed by atoms with Gasteiger partial charge in [-0.15, -0.1) is 0 Å². The number of nitrogens with one attached hydrogen (secondary N) is 2. The van der Waals surface area contributed by atoms with Gasteiger partial charge in [0.05, 0.1) is 19.4 Å². The van der Waals surface area contributed by atoms with Crippen LogP contribution in [0.25, 0.3) is 0 Å². The van der Waals surface area contributed by atoms with E-state index in [0.717, 1.165) is 13.1 Å². The average molecular weight is 307 g/mol. The summed E-state index contributed by atoms with van der Waals surface area (Å²) >= 11 is 0. The van der Waals surface area contributed by atoms with Crippen molar-refractivity contribution < 1.29 is 22.7 Å². The fourth-order valence-corrected chi connectivity index (χ4v) is 2.79. The molecule has 20 heavy (non-hydrogen) atoms. The van der Waals surface area contributed by atoms with Crippen LogP contribution in [0.15, 0.2) is 0 Å². The third kappa shape index (κ3) is 6.31. The first-order valence-electron chi connectivity index (χ1n) is 6.47. The Morgan fingerprint density at radius 2 is 1.95 bits per heavy atom. The minimum atomic E-state index is -3.54. The second-order valence-electron chi connectivity index (χ2n) is 4.45. The monoisotopic (exact) mass is 307 g/mol. The van der Waals surface area contributed by atoms with Crippen molar-refractivity contribution in [2.45, 2.75) is 12.8 Å². The Bertz CT molecular complexity index is 431. The molecule has 0 spiro atoms. The molecule has 0 aromatic rings. The first-order chi connectivity index (χ1) is 9.44. The standard InChI is InChI=1S/C11H21N3O5S/c1-19-11(16)3-2-8-20(17,18)13-9-10(15)14-6-4-12-5-7-14/h12-13H,2-9H2,1H3. The molecule has 0 aliphatic carbocycles. The lowest BCUT2D eigenvalue weighted by Gasteiger charge is -2.27. The van der Waals surface area contributed by atoms with E-state index in [-0.39, 0.29) is 31.0 Å². The van der Waals surface area contributed by atoms with Gasteiger partial charge in [0.1, 0.15) is 0 Å². The number of amides is 1. The Kier molecular flexibility index (Phi) is 6.89. The van der Waals surface area contributed by atoms with Gasteiger partial charge in [-0.2, -0.15) is 0 Å². The highest BCUT2D eigenvalue weighted by molar-refractivity contribution is 7.89. The number of carbonyl (C=O) groups excluding carboxylic acids is 2. The molecule has 1 aliphatic rings. The number of hydrogen-bond donors (Lipinski definition) is 2. The maximum absolute atomic E-state index is 11.8. The third-order valence-electron chi connectivity index (χ3n) is 2.93. The summed E-state index contributed by atoms with van der Waals surface area (Å²) in [5.41, 5.74) is 0. The molecule has 1 heterocycles. The van der Waals surface area contributed by atoms with Crippen LogP contribution < -0.4 is 10.0 Å². The van der Waals surface area contributed by atoms with Crippen LogP contribution in [-0.4, -0.2) is 70.8 Å². The molecule has 1 amide bonds. The van der Waals surface area contributed by atoms with Crippen LogP contribution in [0.1, 0.15) is 12.8 Å². The first kappa shape index (κ1) is 16.9. The largest absolute Gasteiger partial charge is 0.469 e. The molecule has 1 saturated heterocycles. The van der Waals surface area contributed by atoms with Gasteiger partial charge in [-0.05, 0) is 6.42 Å². The van der Waals surface area contributed by atoms with E-state index >= 15 is 0 Å². The summed E-state index contributed by atoms with van der Waals surface area (Å²) in [6.07, 6.45) is 0.215. The van der Waals surface area contributed by atoms with E-state index in [1.807, 2.05) is 0 Å². The number of hydrogen-bond acceptors (Lipinski definition) is 6. The van der Waals surface area contributed by atoms with E-state index in [4.69, 9.17) is 0 Å². The Balaban J connectivity index is 2.27. The van der Waals surface area contributed by atoms with Crippen molar-refractivity contribution in [2.24, 2.45) is 0 Å². The summed E-state index contributed by atoms with van der Waals surface area (Å²) in [5.74, 6) is -0.878. The molecule has 2 N–H and O–H groups in total. The highest BCUT2D eigenvalue weighted by Gasteiger charge is 2.19. The van der Waals surface area contributed by atoms with Gasteiger partial charge in [0.15, 0.2) is 0 Å². The topological polar surface area (TPSA) is 105 Å². The molecule has 0 unspecified atom stereocenters. The van der Waals surface area contributed by atoms with Crippen LogP contribution in [0, 0.1) is 0 Å². The van der Waals surface area contributed by atoms with Crippen molar-refractivity contribution in [3.8, 4) is 0 Å². The summed E-state index contributed by atoms with van der Waals surface area (Å²) in [5, 5.41) is 3.11. The van der Waals surface area contributed by atoms with Gasteiger partial charge < -0.3 is 15.0 Å². The van der Waals surface area contributed by atoms with Crippen LogP contribution >= 0.6 is 0 Å². The summed E-state index contributed by atoms with van der Waals surface area (Å²) in [7, 11) is -2.29.